The van der Waals surface area contributed by atoms with E-state index in [4.69, 9.17) is 8.84 Å². The third kappa shape index (κ3) is 3.43. The number of aryl methyl sites for hydroxylation is 2. The molecule has 0 atom stereocenters. The molecule has 0 unspecified atom stereocenters. The lowest BCUT2D eigenvalue weighted by Crippen LogP contribution is -2.29. The van der Waals surface area contributed by atoms with E-state index in [0.717, 1.165) is 27.4 Å². The van der Waals surface area contributed by atoms with E-state index in [1.165, 1.54) is 23.3 Å². The van der Waals surface area contributed by atoms with Gasteiger partial charge in [0.15, 0.2) is 15.5 Å². The molecule has 0 N–H and O–H groups in total. The Balaban J connectivity index is 2.12. The molecule has 2 heterocycles. The summed E-state index contributed by atoms with van der Waals surface area (Å²) in [5.41, 5.74) is 0.512. The summed E-state index contributed by atoms with van der Waals surface area (Å²) in [5, 5.41) is 1.26. The van der Waals surface area contributed by atoms with Crippen LogP contribution in [-0.4, -0.2) is 9.76 Å². The Hall–Kier alpha value is -0.433. The lowest BCUT2D eigenvalue weighted by Gasteiger charge is -2.29. The molecule has 0 radical (unpaired) electrons. The van der Waals surface area contributed by atoms with Gasteiger partial charge in [-0.2, -0.15) is 0 Å². The van der Waals surface area contributed by atoms with Crippen molar-refractivity contribution in [3.05, 3.63) is 31.1 Å². The van der Waals surface area contributed by atoms with Gasteiger partial charge in [0.2, 0.25) is 0 Å². The van der Waals surface area contributed by atoms with E-state index in [9.17, 15) is 4.79 Å². The first-order valence-corrected chi connectivity index (χ1v) is 11.4. The molecule has 2 aromatic heterocycles. The van der Waals surface area contributed by atoms with Crippen LogP contribution in [0.3, 0.4) is 0 Å². The molecule has 0 saturated heterocycles. The van der Waals surface area contributed by atoms with Crippen LogP contribution >= 0.6 is 27.3 Å². The quantitative estimate of drug-likeness (QED) is 0.641. The zero-order valence-corrected chi connectivity index (χ0v) is 18.9. The average molecular weight is 429 g/mol. The Morgan fingerprint density at radius 1 is 1.17 bits per heavy atom. The minimum atomic E-state index is -0.761. The van der Waals surface area contributed by atoms with E-state index in [2.05, 4.69) is 36.7 Å². The standard InChI is InChI=1S/C18H25BrO3SSi/c1-17(2,3)24-22-18(4,5)15-13(19)12-10-8-6-7-9-11(10)23-14(12)16(20)21-15/h6-9,24H2,1-5H3. The number of rotatable bonds is 3. The van der Waals surface area contributed by atoms with Gasteiger partial charge in [0.25, 0.3) is 0 Å². The minimum Gasteiger partial charge on any atom is -0.423 e. The summed E-state index contributed by atoms with van der Waals surface area (Å²) in [5.74, 6) is 0.628. The highest BCUT2D eigenvalue weighted by Gasteiger charge is 2.32. The van der Waals surface area contributed by atoms with Crippen LogP contribution in [0, 0.1) is 0 Å². The Labute approximate surface area is 157 Å². The molecule has 6 heteroatoms. The highest BCUT2D eigenvalue weighted by Crippen LogP contribution is 2.42. The van der Waals surface area contributed by atoms with Gasteiger partial charge in [-0.05, 0) is 66.1 Å². The molecule has 3 rings (SSSR count). The van der Waals surface area contributed by atoms with Crippen LogP contribution in [-0.2, 0) is 22.9 Å². The Morgan fingerprint density at radius 2 is 1.83 bits per heavy atom. The van der Waals surface area contributed by atoms with Gasteiger partial charge < -0.3 is 8.84 Å². The molecule has 0 saturated carbocycles. The second-order valence-electron chi connectivity index (χ2n) is 8.31. The predicted octanol–water partition coefficient (Wildman–Crippen LogP) is 5.05. The summed E-state index contributed by atoms with van der Waals surface area (Å²) in [4.78, 5) is 13.9. The van der Waals surface area contributed by atoms with Crippen LogP contribution in [0.25, 0.3) is 10.1 Å². The van der Waals surface area contributed by atoms with Gasteiger partial charge in [-0.15, -0.1) is 11.3 Å². The van der Waals surface area contributed by atoms with Gasteiger partial charge >= 0.3 is 5.63 Å². The normalized spacial score (nSPS) is 16.2. The van der Waals surface area contributed by atoms with Crippen LogP contribution in [0.4, 0.5) is 0 Å². The molecule has 0 aromatic carbocycles. The van der Waals surface area contributed by atoms with Crippen LogP contribution in [0.5, 0.6) is 0 Å². The molecule has 1 aliphatic carbocycles. The van der Waals surface area contributed by atoms with Crippen molar-refractivity contribution < 1.29 is 8.84 Å². The molecule has 0 amide bonds. The van der Waals surface area contributed by atoms with Crippen molar-refractivity contribution in [3.8, 4) is 0 Å². The maximum Gasteiger partial charge on any atom is 0.354 e. The van der Waals surface area contributed by atoms with Crippen molar-refractivity contribution in [3.63, 3.8) is 0 Å². The van der Waals surface area contributed by atoms with Gasteiger partial charge in [-0.1, -0.05) is 20.8 Å². The topological polar surface area (TPSA) is 39.4 Å². The van der Waals surface area contributed by atoms with E-state index < -0.39 is 15.4 Å². The van der Waals surface area contributed by atoms with Gasteiger partial charge in [0.1, 0.15) is 10.3 Å². The van der Waals surface area contributed by atoms with Crippen LogP contribution in [0.15, 0.2) is 13.7 Å². The van der Waals surface area contributed by atoms with Gasteiger partial charge in [-0.3, -0.25) is 0 Å². The molecule has 0 aliphatic heterocycles. The fourth-order valence-corrected chi connectivity index (χ4v) is 6.41. The highest BCUT2D eigenvalue weighted by molar-refractivity contribution is 9.10. The third-order valence-electron chi connectivity index (χ3n) is 4.38. The van der Waals surface area contributed by atoms with Crippen molar-refractivity contribution >= 4 is 47.1 Å². The second kappa shape index (κ2) is 6.38. The van der Waals surface area contributed by atoms with E-state index in [1.54, 1.807) is 11.3 Å². The van der Waals surface area contributed by atoms with Crippen molar-refractivity contribution in [2.24, 2.45) is 0 Å². The average Bonchev–Trinajstić information content (AvgIpc) is 2.88. The summed E-state index contributed by atoms with van der Waals surface area (Å²) in [7, 11) is -0.761. The second-order valence-corrected chi connectivity index (χ2v) is 12.9. The fourth-order valence-electron chi connectivity index (χ4n) is 3.09. The monoisotopic (exact) mass is 428 g/mol. The van der Waals surface area contributed by atoms with E-state index in [-0.39, 0.29) is 10.7 Å². The van der Waals surface area contributed by atoms with Crippen molar-refractivity contribution in [1.82, 2.24) is 0 Å². The zero-order valence-electron chi connectivity index (χ0n) is 15.0. The number of hydrogen-bond acceptors (Lipinski definition) is 4. The molecular weight excluding hydrogens is 404 g/mol. The fraction of sp³-hybridized carbons (Fsp3) is 0.611. The smallest absolute Gasteiger partial charge is 0.354 e. The highest BCUT2D eigenvalue weighted by atomic mass is 79.9. The first kappa shape index (κ1) is 18.4. The molecule has 0 spiro atoms. The molecule has 0 bridgehead atoms. The molecule has 24 heavy (non-hydrogen) atoms. The molecule has 2 aromatic rings. The summed E-state index contributed by atoms with van der Waals surface area (Å²) in [6.45, 7) is 10.6. The number of hydrogen-bond donors (Lipinski definition) is 0. The number of thiophene rings is 1. The van der Waals surface area contributed by atoms with Crippen molar-refractivity contribution in [2.45, 2.75) is 70.9 Å². The van der Waals surface area contributed by atoms with Gasteiger partial charge in [-0.25, -0.2) is 4.79 Å². The van der Waals surface area contributed by atoms with Crippen LogP contribution < -0.4 is 5.63 Å². The predicted molar refractivity (Wildman–Crippen MR) is 107 cm³/mol. The SMILES string of the molecule is CC(C)(C)[SiH2]OC(C)(C)c1oc(=O)c2sc3c(c2c1Br)CCCC3. The molecular formula is C18H25BrO3SSi. The molecule has 132 valence electrons. The molecule has 0 fully saturated rings. The molecule has 3 nitrogen and oxygen atoms in total. The first-order valence-electron chi connectivity index (χ1n) is 8.51. The van der Waals surface area contributed by atoms with Crippen molar-refractivity contribution in [1.29, 1.82) is 0 Å². The summed E-state index contributed by atoms with van der Waals surface area (Å²) >= 11 is 5.35. The zero-order chi connectivity index (χ0) is 17.7. The van der Waals surface area contributed by atoms with Crippen LogP contribution in [0.2, 0.25) is 5.04 Å². The van der Waals surface area contributed by atoms with Crippen LogP contribution in [0.1, 0.15) is 63.7 Å². The third-order valence-corrected chi connectivity index (χ3v) is 8.14. The Bertz CT molecular complexity index is 829. The Kier molecular flexibility index (Phi) is 4.88. The lowest BCUT2D eigenvalue weighted by molar-refractivity contribution is 0.0784. The van der Waals surface area contributed by atoms with E-state index >= 15 is 0 Å². The van der Waals surface area contributed by atoms with E-state index in [1.807, 2.05) is 13.8 Å². The Morgan fingerprint density at radius 3 is 2.50 bits per heavy atom. The van der Waals surface area contributed by atoms with Gasteiger partial charge in [0.05, 0.1) is 4.47 Å². The maximum absolute atomic E-state index is 12.6. The first-order chi connectivity index (χ1) is 11.1. The maximum atomic E-state index is 12.6. The largest absolute Gasteiger partial charge is 0.423 e. The molecule has 1 aliphatic rings. The summed E-state index contributed by atoms with van der Waals surface area (Å²) in [6, 6.07) is 0. The summed E-state index contributed by atoms with van der Waals surface area (Å²) in [6.07, 6.45) is 4.53. The number of fused-ring (bicyclic) bond motifs is 3. The van der Waals surface area contributed by atoms with Gasteiger partial charge in [0, 0.05) is 10.3 Å². The lowest BCUT2D eigenvalue weighted by atomic mass is 9.95. The van der Waals surface area contributed by atoms with E-state index in [0.29, 0.717) is 5.76 Å². The van der Waals surface area contributed by atoms with Crippen molar-refractivity contribution in [2.75, 3.05) is 0 Å². The summed E-state index contributed by atoms with van der Waals surface area (Å²) < 4.78 is 13.7. The minimum absolute atomic E-state index is 0.190. The number of halogens is 1.